The summed E-state index contributed by atoms with van der Waals surface area (Å²) in [6.07, 6.45) is 2.75. The summed E-state index contributed by atoms with van der Waals surface area (Å²) < 4.78 is 5.65. The Balaban J connectivity index is 2.22. The molecule has 3 heteroatoms. The molecule has 1 aliphatic rings. The fourth-order valence-corrected chi connectivity index (χ4v) is 2.63. The molecule has 0 spiro atoms. The minimum atomic E-state index is 0.367. The molecule has 2 nitrogen and oxygen atoms in total. The van der Waals surface area contributed by atoms with Gasteiger partial charge in [-0.15, -0.1) is 0 Å². The van der Waals surface area contributed by atoms with Crippen molar-refractivity contribution in [1.82, 2.24) is 5.32 Å². The van der Waals surface area contributed by atoms with E-state index in [-0.39, 0.29) is 0 Å². The molecule has 16 heavy (non-hydrogen) atoms. The van der Waals surface area contributed by atoms with Gasteiger partial charge in [0, 0.05) is 29.7 Å². The molecule has 1 rings (SSSR count). The Morgan fingerprint density at radius 1 is 1.38 bits per heavy atom. The van der Waals surface area contributed by atoms with Crippen LogP contribution in [-0.4, -0.2) is 36.3 Å². The summed E-state index contributed by atoms with van der Waals surface area (Å²) in [7, 11) is 1.80. The molecule has 0 heterocycles. The Kier molecular flexibility index (Phi) is 5.62. The van der Waals surface area contributed by atoms with Crippen LogP contribution in [0.4, 0.5) is 0 Å². The summed E-state index contributed by atoms with van der Waals surface area (Å²) >= 11 is 2.03. The van der Waals surface area contributed by atoms with Gasteiger partial charge in [-0.05, 0) is 25.7 Å². The van der Waals surface area contributed by atoms with Crippen LogP contribution in [0.5, 0.6) is 0 Å². The molecule has 1 fully saturated rings. The van der Waals surface area contributed by atoms with E-state index in [0.717, 1.165) is 12.5 Å². The standard InChI is InChI=1S/C13H27NOS/c1-10(9-16-13(2,3)4)14-12(8-15-5)11-6-7-11/h10-12,14H,6-9H2,1-5H3. The van der Waals surface area contributed by atoms with Crippen molar-refractivity contribution in [1.29, 1.82) is 0 Å². The van der Waals surface area contributed by atoms with Gasteiger partial charge in [0.15, 0.2) is 0 Å². The predicted octanol–water partition coefficient (Wildman–Crippen LogP) is 2.92. The molecule has 0 bridgehead atoms. The summed E-state index contributed by atoms with van der Waals surface area (Å²) in [5, 5.41) is 3.71. The Hall–Kier alpha value is 0.270. The van der Waals surface area contributed by atoms with E-state index in [0.29, 0.717) is 16.8 Å². The van der Waals surface area contributed by atoms with E-state index in [1.165, 1.54) is 18.6 Å². The fourth-order valence-electron chi connectivity index (χ4n) is 1.79. The quantitative estimate of drug-likeness (QED) is 0.745. The van der Waals surface area contributed by atoms with Crippen LogP contribution in [0.25, 0.3) is 0 Å². The van der Waals surface area contributed by atoms with Crippen molar-refractivity contribution in [3.63, 3.8) is 0 Å². The minimum Gasteiger partial charge on any atom is -0.383 e. The van der Waals surface area contributed by atoms with E-state index >= 15 is 0 Å². The summed E-state index contributed by atoms with van der Waals surface area (Å²) in [6, 6.07) is 1.14. The third-order valence-corrected chi connectivity index (χ3v) is 4.33. The summed E-state index contributed by atoms with van der Waals surface area (Å²) in [4.78, 5) is 0. The highest BCUT2D eigenvalue weighted by atomic mass is 32.2. The first kappa shape index (κ1) is 14.3. The summed E-state index contributed by atoms with van der Waals surface area (Å²) in [5.41, 5.74) is 0. The fraction of sp³-hybridized carbons (Fsp3) is 1.00. The van der Waals surface area contributed by atoms with Crippen molar-refractivity contribution in [2.24, 2.45) is 5.92 Å². The van der Waals surface area contributed by atoms with Crippen molar-refractivity contribution in [3.8, 4) is 0 Å². The Labute approximate surface area is 105 Å². The highest BCUT2D eigenvalue weighted by Gasteiger charge is 2.31. The van der Waals surface area contributed by atoms with E-state index in [2.05, 4.69) is 33.0 Å². The number of nitrogens with one attached hydrogen (secondary N) is 1. The van der Waals surface area contributed by atoms with Crippen LogP contribution < -0.4 is 5.32 Å². The Bertz CT molecular complexity index is 199. The number of ether oxygens (including phenoxy) is 1. The van der Waals surface area contributed by atoms with Crippen LogP contribution in [0.1, 0.15) is 40.5 Å². The van der Waals surface area contributed by atoms with Crippen molar-refractivity contribution in [2.75, 3.05) is 19.5 Å². The lowest BCUT2D eigenvalue weighted by Gasteiger charge is -2.25. The zero-order valence-electron chi connectivity index (χ0n) is 11.4. The molecule has 0 aromatic rings. The monoisotopic (exact) mass is 245 g/mol. The van der Waals surface area contributed by atoms with Crippen LogP contribution in [0.2, 0.25) is 0 Å². The van der Waals surface area contributed by atoms with Crippen LogP contribution >= 0.6 is 11.8 Å². The van der Waals surface area contributed by atoms with E-state index in [9.17, 15) is 0 Å². The van der Waals surface area contributed by atoms with Gasteiger partial charge in [0.2, 0.25) is 0 Å². The minimum absolute atomic E-state index is 0.367. The number of hydrogen-bond donors (Lipinski definition) is 1. The summed E-state index contributed by atoms with van der Waals surface area (Å²) in [5.74, 6) is 2.04. The Morgan fingerprint density at radius 3 is 2.44 bits per heavy atom. The van der Waals surface area contributed by atoms with Gasteiger partial charge in [0.05, 0.1) is 6.61 Å². The van der Waals surface area contributed by atoms with Gasteiger partial charge in [-0.2, -0.15) is 11.8 Å². The maximum atomic E-state index is 5.28. The first-order valence-electron chi connectivity index (χ1n) is 6.31. The number of methoxy groups -OCH3 is 1. The third-order valence-electron chi connectivity index (χ3n) is 2.80. The molecule has 1 N–H and O–H groups in total. The van der Waals surface area contributed by atoms with Crippen LogP contribution in [-0.2, 0) is 4.74 Å². The first-order valence-corrected chi connectivity index (χ1v) is 7.30. The maximum Gasteiger partial charge on any atom is 0.0618 e. The van der Waals surface area contributed by atoms with E-state index in [1.54, 1.807) is 7.11 Å². The molecule has 2 unspecified atom stereocenters. The van der Waals surface area contributed by atoms with Gasteiger partial charge in [0.1, 0.15) is 0 Å². The van der Waals surface area contributed by atoms with Crippen molar-refractivity contribution >= 4 is 11.8 Å². The SMILES string of the molecule is COCC(NC(C)CSC(C)(C)C)C1CC1. The molecule has 0 aromatic carbocycles. The summed E-state index contributed by atoms with van der Waals surface area (Å²) in [6.45, 7) is 9.96. The lowest BCUT2D eigenvalue weighted by atomic mass is 10.2. The Morgan fingerprint density at radius 2 is 2.00 bits per heavy atom. The van der Waals surface area contributed by atoms with Crippen LogP contribution in [0.3, 0.4) is 0 Å². The third kappa shape index (κ3) is 6.12. The van der Waals surface area contributed by atoms with Gasteiger partial charge in [-0.1, -0.05) is 20.8 Å². The van der Waals surface area contributed by atoms with E-state index < -0.39 is 0 Å². The second kappa shape index (κ2) is 6.27. The molecule has 0 amide bonds. The molecule has 96 valence electrons. The van der Waals surface area contributed by atoms with Gasteiger partial charge in [-0.25, -0.2) is 0 Å². The molecule has 0 aliphatic heterocycles. The second-order valence-electron chi connectivity index (χ2n) is 5.89. The molecule has 0 saturated heterocycles. The van der Waals surface area contributed by atoms with Gasteiger partial charge in [-0.3, -0.25) is 0 Å². The topological polar surface area (TPSA) is 21.3 Å². The smallest absolute Gasteiger partial charge is 0.0618 e. The number of rotatable bonds is 7. The first-order chi connectivity index (χ1) is 7.42. The molecule has 1 aliphatic carbocycles. The maximum absolute atomic E-state index is 5.28. The average Bonchev–Trinajstić information content (AvgIpc) is 2.96. The van der Waals surface area contributed by atoms with Gasteiger partial charge < -0.3 is 10.1 Å². The van der Waals surface area contributed by atoms with Crippen LogP contribution in [0, 0.1) is 5.92 Å². The average molecular weight is 245 g/mol. The molecular weight excluding hydrogens is 218 g/mol. The van der Waals surface area contributed by atoms with E-state index in [1.807, 2.05) is 11.8 Å². The zero-order valence-corrected chi connectivity index (χ0v) is 12.2. The zero-order chi connectivity index (χ0) is 12.2. The number of thioether (sulfide) groups is 1. The normalized spacial score (nSPS) is 20.8. The highest BCUT2D eigenvalue weighted by Crippen LogP contribution is 2.33. The van der Waals surface area contributed by atoms with Crippen molar-refractivity contribution in [2.45, 2.75) is 57.4 Å². The lowest BCUT2D eigenvalue weighted by molar-refractivity contribution is 0.154. The molecule has 0 radical (unpaired) electrons. The van der Waals surface area contributed by atoms with Crippen molar-refractivity contribution < 1.29 is 4.74 Å². The van der Waals surface area contributed by atoms with Gasteiger partial charge in [0.25, 0.3) is 0 Å². The molecular formula is C13H27NOS. The largest absolute Gasteiger partial charge is 0.383 e. The molecule has 1 saturated carbocycles. The van der Waals surface area contributed by atoms with Crippen molar-refractivity contribution in [3.05, 3.63) is 0 Å². The second-order valence-corrected chi connectivity index (χ2v) is 7.74. The van der Waals surface area contributed by atoms with Crippen LogP contribution in [0.15, 0.2) is 0 Å². The number of hydrogen-bond acceptors (Lipinski definition) is 3. The molecule has 2 atom stereocenters. The molecule has 0 aromatic heterocycles. The predicted molar refractivity (Wildman–Crippen MR) is 73.2 cm³/mol. The highest BCUT2D eigenvalue weighted by molar-refractivity contribution is 8.00. The van der Waals surface area contributed by atoms with E-state index in [4.69, 9.17) is 4.74 Å². The van der Waals surface area contributed by atoms with Gasteiger partial charge >= 0.3 is 0 Å². The lowest BCUT2D eigenvalue weighted by Crippen LogP contribution is -2.42.